The number of rotatable bonds is 4. The number of fused-ring (bicyclic) bond motifs is 1. The van der Waals surface area contributed by atoms with Crippen molar-refractivity contribution in [1.29, 1.82) is 5.26 Å². The van der Waals surface area contributed by atoms with E-state index in [4.69, 9.17) is 11.0 Å². The Balaban J connectivity index is 1.64. The Kier molecular flexibility index (Phi) is 4.21. The standard InChI is InChI=1S/C21H19N5O/c1-12-4-2-3-5-15(12)18-9-14-10-19(24-11-17(14)20(23)25-18)26-21(27)16-8-13(16)6-7-22/h2-5,9-11,13,16H,6,8H2,1H3,(H2,23,25)(H,24,26,27)/t13-,16-/m0/s1. The van der Waals surface area contributed by atoms with Crippen LogP contribution in [0.3, 0.4) is 0 Å². The molecule has 0 saturated heterocycles. The summed E-state index contributed by atoms with van der Waals surface area (Å²) in [6.45, 7) is 2.03. The minimum absolute atomic E-state index is 0.0803. The zero-order valence-electron chi connectivity index (χ0n) is 14.9. The highest BCUT2D eigenvalue weighted by atomic mass is 16.2. The highest BCUT2D eigenvalue weighted by Crippen LogP contribution is 2.41. The molecule has 0 bridgehead atoms. The van der Waals surface area contributed by atoms with Crippen molar-refractivity contribution in [3.63, 3.8) is 0 Å². The van der Waals surface area contributed by atoms with E-state index < -0.39 is 0 Å². The summed E-state index contributed by atoms with van der Waals surface area (Å²) >= 11 is 0. The summed E-state index contributed by atoms with van der Waals surface area (Å²) in [7, 11) is 0. The number of hydrogen-bond donors (Lipinski definition) is 2. The monoisotopic (exact) mass is 357 g/mol. The van der Waals surface area contributed by atoms with Crippen LogP contribution in [0.1, 0.15) is 18.4 Å². The topological polar surface area (TPSA) is 105 Å². The van der Waals surface area contributed by atoms with Crippen molar-refractivity contribution >= 4 is 28.3 Å². The third-order valence-corrected chi connectivity index (χ3v) is 5.03. The first-order valence-corrected chi connectivity index (χ1v) is 8.87. The Morgan fingerprint density at radius 3 is 2.96 bits per heavy atom. The molecule has 2 heterocycles. The number of carbonyl (C=O) groups is 1. The van der Waals surface area contributed by atoms with Crippen LogP contribution in [0.15, 0.2) is 42.6 Å². The molecule has 0 aliphatic heterocycles. The Morgan fingerprint density at radius 1 is 1.37 bits per heavy atom. The normalized spacial score (nSPS) is 18.1. The molecule has 0 radical (unpaired) electrons. The molecule has 6 nitrogen and oxygen atoms in total. The molecule has 1 aliphatic carbocycles. The predicted molar refractivity (Wildman–Crippen MR) is 105 cm³/mol. The summed E-state index contributed by atoms with van der Waals surface area (Å²) in [5.74, 6) is 0.891. The Labute approximate surface area is 157 Å². The maximum absolute atomic E-state index is 12.3. The molecule has 3 aromatic rings. The van der Waals surface area contributed by atoms with Gasteiger partial charge >= 0.3 is 0 Å². The largest absolute Gasteiger partial charge is 0.383 e. The van der Waals surface area contributed by atoms with Gasteiger partial charge in [-0.15, -0.1) is 0 Å². The van der Waals surface area contributed by atoms with E-state index in [-0.39, 0.29) is 17.7 Å². The highest BCUT2D eigenvalue weighted by molar-refractivity contribution is 5.98. The lowest BCUT2D eigenvalue weighted by Crippen LogP contribution is -2.15. The van der Waals surface area contributed by atoms with Gasteiger partial charge in [0.15, 0.2) is 0 Å². The molecule has 2 atom stereocenters. The van der Waals surface area contributed by atoms with Gasteiger partial charge in [-0.05, 0) is 42.3 Å². The van der Waals surface area contributed by atoms with E-state index >= 15 is 0 Å². The van der Waals surface area contributed by atoms with Crippen LogP contribution in [0.4, 0.5) is 11.6 Å². The fourth-order valence-electron chi connectivity index (χ4n) is 3.37. The number of nitrogens with one attached hydrogen (secondary N) is 1. The van der Waals surface area contributed by atoms with Crippen molar-refractivity contribution in [2.75, 3.05) is 11.1 Å². The van der Waals surface area contributed by atoms with Gasteiger partial charge in [-0.25, -0.2) is 9.97 Å². The minimum atomic E-state index is -0.0906. The van der Waals surface area contributed by atoms with Crippen LogP contribution in [0, 0.1) is 30.1 Å². The Bertz CT molecular complexity index is 1090. The number of aromatic nitrogens is 2. The van der Waals surface area contributed by atoms with Crippen LogP contribution in [0.5, 0.6) is 0 Å². The average Bonchev–Trinajstić information content (AvgIpc) is 3.41. The molecule has 1 aliphatic rings. The Morgan fingerprint density at radius 2 is 2.19 bits per heavy atom. The van der Waals surface area contributed by atoms with Crippen LogP contribution < -0.4 is 11.1 Å². The lowest BCUT2D eigenvalue weighted by atomic mass is 10.0. The second-order valence-corrected chi connectivity index (χ2v) is 6.95. The number of nitriles is 1. The molecular formula is C21H19N5O. The smallest absolute Gasteiger partial charge is 0.228 e. The lowest BCUT2D eigenvalue weighted by Gasteiger charge is -2.10. The van der Waals surface area contributed by atoms with E-state index in [9.17, 15) is 4.79 Å². The third-order valence-electron chi connectivity index (χ3n) is 5.03. The van der Waals surface area contributed by atoms with E-state index in [0.29, 0.717) is 18.1 Å². The van der Waals surface area contributed by atoms with Crippen molar-refractivity contribution < 1.29 is 4.79 Å². The summed E-state index contributed by atoms with van der Waals surface area (Å²) in [6.07, 6.45) is 2.82. The van der Waals surface area contributed by atoms with Crippen LogP contribution in [-0.2, 0) is 4.79 Å². The fourth-order valence-corrected chi connectivity index (χ4v) is 3.37. The predicted octanol–water partition coefficient (Wildman–Crippen LogP) is 3.68. The number of carbonyl (C=O) groups excluding carboxylic acids is 1. The first-order valence-electron chi connectivity index (χ1n) is 8.87. The summed E-state index contributed by atoms with van der Waals surface area (Å²) in [4.78, 5) is 21.1. The number of nitrogens with two attached hydrogens (primary N) is 1. The van der Waals surface area contributed by atoms with Gasteiger partial charge in [0, 0.05) is 29.5 Å². The number of hydrogen-bond acceptors (Lipinski definition) is 5. The van der Waals surface area contributed by atoms with Gasteiger partial charge in [-0.1, -0.05) is 24.3 Å². The molecule has 1 saturated carbocycles. The molecule has 134 valence electrons. The molecule has 0 spiro atoms. The molecule has 0 unspecified atom stereocenters. The summed E-state index contributed by atoms with van der Waals surface area (Å²) in [6, 6.07) is 13.9. The zero-order chi connectivity index (χ0) is 19.0. The van der Waals surface area contributed by atoms with E-state index in [2.05, 4.69) is 21.4 Å². The highest BCUT2D eigenvalue weighted by Gasteiger charge is 2.42. The molecule has 2 aromatic heterocycles. The first kappa shape index (κ1) is 17.0. The van der Waals surface area contributed by atoms with Crippen LogP contribution in [0.25, 0.3) is 22.0 Å². The molecule has 4 rings (SSSR count). The number of anilines is 2. The van der Waals surface area contributed by atoms with E-state index in [1.807, 2.05) is 43.3 Å². The number of aryl methyl sites for hydroxylation is 1. The molecule has 1 aromatic carbocycles. The molecule has 1 fully saturated rings. The fraction of sp³-hybridized carbons (Fsp3) is 0.238. The molecule has 6 heteroatoms. The van der Waals surface area contributed by atoms with E-state index in [1.165, 1.54) is 0 Å². The Hall–Kier alpha value is -3.46. The minimum Gasteiger partial charge on any atom is -0.383 e. The lowest BCUT2D eigenvalue weighted by molar-refractivity contribution is -0.117. The number of pyridine rings is 2. The van der Waals surface area contributed by atoms with Gasteiger partial charge in [0.1, 0.15) is 11.6 Å². The SMILES string of the molecule is Cc1ccccc1-c1cc2cc(NC(=O)[C@H]3C[C@@H]3CC#N)ncc2c(N)n1. The van der Waals surface area contributed by atoms with Gasteiger partial charge in [0.2, 0.25) is 5.91 Å². The van der Waals surface area contributed by atoms with Crippen molar-refractivity contribution in [2.45, 2.75) is 19.8 Å². The summed E-state index contributed by atoms with van der Waals surface area (Å²) in [5, 5.41) is 13.2. The maximum Gasteiger partial charge on any atom is 0.228 e. The van der Waals surface area contributed by atoms with Crippen LogP contribution in [0.2, 0.25) is 0 Å². The van der Waals surface area contributed by atoms with Crippen LogP contribution in [-0.4, -0.2) is 15.9 Å². The number of nitrogen functional groups attached to an aromatic ring is 1. The number of nitrogens with zero attached hydrogens (tertiary/aromatic N) is 3. The quantitative estimate of drug-likeness (QED) is 0.741. The zero-order valence-corrected chi connectivity index (χ0v) is 14.9. The van der Waals surface area contributed by atoms with Crippen molar-refractivity contribution in [3.05, 3.63) is 48.2 Å². The molecule has 27 heavy (non-hydrogen) atoms. The average molecular weight is 357 g/mol. The summed E-state index contributed by atoms with van der Waals surface area (Å²) < 4.78 is 0. The summed E-state index contributed by atoms with van der Waals surface area (Å²) in [5.41, 5.74) is 9.06. The van der Waals surface area contributed by atoms with Crippen LogP contribution >= 0.6 is 0 Å². The second-order valence-electron chi connectivity index (χ2n) is 6.95. The van der Waals surface area contributed by atoms with Gasteiger partial charge in [-0.3, -0.25) is 4.79 Å². The number of benzene rings is 1. The van der Waals surface area contributed by atoms with Gasteiger partial charge < -0.3 is 11.1 Å². The third kappa shape index (κ3) is 3.32. The van der Waals surface area contributed by atoms with Gasteiger partial charge in [0.05, 0.1) is 11.8 Å². The van der Waals surface area contributed by atoms with Crippen molar-refractivity contribution in [2.24, 2.45) is 11.8 Å². The number of amides is 1. The first-order chi connectivity index (χ1) is 13.1. The van der Waals surface area contributed by atoms with Crippen molar-refractivity contribution in [3.8, 4) is 17.3 Å². The van der Waals surface area contributed by atoms with Gasteiger partial charge in [0.25, 0.3) is 0 Å². The van der Waals surface area contributed by atoms with Gasteiger partial charge in [-0.2, -0.15) is 5.26 Å². The second kappa shape index (κ2) is 6.69. The van der Waals surface area contributed by atoms with Crippen molar-refractivity contribution in [1.82, 2.24) is 9.97 Å². The molecular weight excluding hydrogens is 338 g/mol. The van der Waals surface area contributed by atoms with E-state index in [1.54, 1.807) is 6.20 Å². The molecule has 3 N–H and O–H groups in total. The van der Waals surface area contributed by atoms with E-state index in [0.717, 1.165) is 34.0 Å². The maximum atomic E-state index is 12.3. The molecule has 1 amide bonds.